The fourth-order valence-electron chi connectivity index (χ4n) is 10.6. The van der Waals surface area contributed by atoms with Gasteiger partial charge in [0, 0.05) is 12.3 Å². The van der Waals surface area contributed by atoms with Crippen LogP contribution >= 0.6 is 0 Å². The molecule has 0 N–H and O–H groups in total. The Bertz CT molecular complexity index is 830. The van der Waals surface area contributed by atoms with Crippen LogP contribution in [0.1, 0.15) is 99.3 Å². The van der Waals surface area contributed by atoms with Crippen LogP contribution in [0.3, 0.4) is 0 Å². The lowest BCUT2D eigenvalue weighted by Crippen LogP contribution is -2.65. The minimum absolute atomic E-state index is 0.171. The van der Waals surface area contributed by atoms with Crippen molar-refractivity contribution in [2.45, 2.75) is 123 Å². The van der Waals surface area contributed by atoms with Crippen molar-refractivity contribution in [3.05, 3.63) is 12.2 Å². The van der Waals surface area contributed by atoms with Crippen LogP contribution in [-0.2, 0) is 18.9 Å². The van der Waals surface area contributed by atoms with E-state index >= 15 is 0 Å². The van der Waals surface area contributed by atoms with Gasteiger partial charge in [-0.2, -0.15) is 0 Å². The second kappa shape index (κ2) is 8.55. The Balaban J connectivity index is 1.31. The summed E-state index contributed by atoms with van der Waals surface area (Å²) in [6.07, 6.45) is 16.5. The van der Waals surface area contributed by atoms with Gasteiger partial charge in [-0.15, -0.1) is 0 Å². The Morgan fingerprint density at radius 1 is 0.886 bits per heavy atom. The van der Waals surface area contributed by atoms with Gasteiger partial charge in [-0.1, -0.05) is 46.3 Å². The number of allylic oxidation sites excluding steroid dienone is 2. The summed E-state index contributed by atoms with van der Waals surface area (Å²) in [5.74, 6) is 3.19. The van der Waals surface area contributed by atoms with Gasteiger partial charge in [-0.25, -0.2) is 0 Å². The van der Waals surface area contributed by atoms with E-state index in [1.165, 1.54) is 38.5 Å². The standard InChI is InChI=1S/C31H50O4/c1-7-8-9-10-20(2)22-11-12-23-21-18-31(32-15-16-33-31)27-17-25-26(35-28(3,4)34-25)19-30(27,6)24(21)13-14-29(22,23)5/h9-10,20-27H,7-8,11-19H2,1-6H3/b10-9-/t20-,21?,22-,23?,24?,25?,26-,27+,29-,30-/m1/s1. The van der Waals surface area contributed by atoms with Gasteiger partial charge >= 0.3 is 0 Å². The zero-order chi connectivity index (χ0) is 24.6. The van der Waals surface area contributed by atoms with Crippen LogP contribution in [0, 0.1) is 46.3 Å². The molecule has 6 aliphatic rings. The van der Waals surface area contributed by atoms with Crippen molar-refractivity contribution in [2.75, 3.05) is 13.2 Å². The zero-order valence-corrected chi connectivity index (χ0v) is 23.2. The molecule has 10 atom stereocenters. The Morgan fingerprint density at radius 2 is 1.60 bits per heavy atom. The maximum Gasteiger partial charge on any atom is 0.172 e. The first-order valence-electron chi connectivity index (χ1n) is 14.9. The van der Waals surface area contributed by atoms with Crippen LogP contribution in [0.4, 0.5) is 0 Å². The number of unbranched alkanes of at least 4 members (excludes halogenated alkanes) is 1. The third-order valence-corrected chi connectivity index (χ3v) is 11.9. The summed E-state index contributed by atoms with van der Waals surface area (Å²) in [6.45, 7) is 15.6. The largest absolute Gasteiger partial charge is 0.347 e. The van der Waals surface area contributed by atoms with Crippen molar-refractivity contribution in [3.63, 3.8) is 0 Å². The Morgan fingerprint density at radius 3 is 2.34 bits per heavy atom. The molecule has 4 saturated carbocycles. The Kier molecular flexibility index (Phi) is 6.08. The molecule has 2 aliphatic heterocycles. The van der Waals surface area contributed by atoms with Crippen LogP contribution in [0.25, 0.3) is 0 Å². The lowest BCUT2D eigenvalue weighted by atomic mass is 9.42. The number of ether oxygens (including phenoxy) is 4. The average Bonchev–Trinajstić information content (AvgIpc) is 3.47. The first-order valence-corrected chi connectivity index (χ1v) is 14.9. The van der Waals surface area contributed by atoms with E-state index in [0.717, 1.165) is 50.2 Å². The van der Waals surface area contributed by atoms with Crippen LogP contribution in [0.5, 0.6) is 0 Å². The molecule has 4 heteroatoms. The monoisotopic (exact) mass is 486 g/mol. The van der Waals surface area contributed by atoms with E-state index in [2.05, 4.69) is 53.7 Å². The van der Waals surface area contributed by atoms with E-state index in [-0.39, 0.29) is 17.6 Å². The van der Waals surface area contributed by atoms with Gasteiger partial charge in [0.25, 0.3) is 0 Å². The lowest BCUT2D eigenvalue weighted by Gasteiger charge is -2.65. The first kappa shape index (κ1) is 24.9. The molecule has 35 heavy (non-hydrogen) atoms. The normalized spacial score (nSPS) is 50.6. The third-order valence-electron chi connectivity index (χ3n) is 11.9. The maximum atomic E-state index is 6.66. The van der Waals surface area contributed by atoms with Gasteiger partial charge in [0.15, 0.2) is 11.6 Å². The number of rotatable bonds is 4. The van der Waals surface area contributed by atoms with Crippen molar-refractivity contribution >= 4 is 0 Å². The predicted octanol–water partition coefficient (Wildman–Crippen LogP) is 7.12. The molecule has 1 spiro atoms. The van der Waals surface area contributed by atoms with Crippen LogP contribution in [0.15, 0.2) is 12.2 Å². The highest BCUT2D eigenvalue weighted by Crippen LogP contribution is 2.71. The molecular formula is C31H50O4. The van der Waals surface area contributed by atoms with Gasteiger partial charge in [0.1, 0.15) is 0 Å². The molecule has 6 rings (SSSR count). The molecule has 198 valence electrons. The summed E-state index contributed by atoms with van der Waals surface area (Å²) in [4.78, 5) is 0. The molecule has 4 unspecified atom stereocenters. The average molecular weight is 487 g/mol. The topological polar surface area (TPSA) is 36.9 Å². The molecule has 0 aromatic carbocycles. The van der Waals surface area contributed by atoms with E-state index in [0.29, 0.717) is 23.2 Å². The number of hydrogen-bond donors (Lipinski definition) is 0. The highest BCUT2D eigenvalue weighted by atomic mass is 16.8. The van der Waals surface area contributed by atoms with Crippen LogP contribution < -0.4 is 0 Å². The third kappa shape index (κ3) is 3.74. The quantitative estimate of drug-likeness (QED) is 0.396. The molecule has 0 aromatic rings. The number of fused-ring (bicyclic) bond motifs is 7. The van der Waals surface area contributed by atoms with E-state index in [4.69, 9.17) is 18.9 Å². The minimum atomic E-state index is -0.478. The minimum Gasteiger partial charge on any atom is -0.347 e. The fourth-order valence-corrected chi connectivity index (χ4v) is 10.6. The van der Waals surface area contributed by atoms with Crippen molar-refractivity contribution in [1.29, 1.82) is 0 Å². The van der Waals surface area contributed by atoms with Gasteiger partial charge in [-0.3, -0.25) is 0 Å². The van der Waals surface area contributed by atoms with Crippen molar-refractivity contribution in [3.8, 4) is 0 Å². The van der Waals surface area contributed by atoms with Gasteiger partial charge in [-0.05, 0) is 99.2 Å². The molecule has 4 nitrogen and oxygen atoms in total. The SMILES string of the molecule is CCC/C=C\[C@@H](C)[C@H]1CCC2C3CC4(OCCO4)[C@H]4CC5OC(C)(C)O[C@@H]5C[C@]4(C)C3CC[C@@]21C. The van der Waals surface area contributed by atoms with E-state index in [1.54, 1.807) is 0 Å². The zero-order valence-electron chi connectivity index (χ0n) is 23.2. The number of hydrogen-bond acceptors (Lipinski definition) is 4. The van der Waals surface area contributed by atoms with E-state index in [1.807, 2.05) is 0 Å². The summed E-state index contributed by atoms with van der Waals surface area (Å²) in [5.41, 5.74) is 0.622. The maximum absolute atomic E-state index is 6.66. The highest BCUT2D eigenvalue weighted by molar-refractivity contribution is 5.16. The second-order valence-electron chi connectivity index (χ2n) is 14.1. The molecule has 4 aliphatic carbocycles. The molecule has 0 bridgehead atoms. The van der Waals surface area contributed by atoms with E-state index < -0.39 is 11.6 Å². The highest BCUT2D eigenvalue weighted by Gasteiger charge is 2.70. The summed E-state index contributed by atoms with van der Waals surface area (Å²) < 4.78 is 26.2. The molecule has 6 fully saturated rings. The Hall–Kier alpha value is -0.420. The predicted molar refractivity (Wildman–Crippen MR) is 138 cm³/mol. The molecule has 0 amide bonds. The van der Waals surface area contributed by atoms with Crippen molar-refractivity contribution in [2.24, 2.45) is 46.3 Å². The summed E-state index contributed by atoms with van der Waals surface area (Å²) in [7, 11) is 0. The molecule has 0 radical (unpaired) electrons. The summed E-state index contributed by atoms with van der Waals surface area (Å²) in [5, 5.41) is 0. The summed E-state index contributed by atoms with van der Waals surface area (Å²) >= 11 is 0. The smallest absolute Gasteiger partial charge is 0.172 e. The van der Waals surface area contributed by atoms with Crippen LogP contribution in [0.2, 0.25) is 0 Å². The lowest BCUT2D eigenvalue weighted by molar-refractivity contribution is -0.300. The van der Waals surface area contributed by atoms with E-state index in [9.17, 15) is 0 Å². The second-order valence-corrected chi connectivity index (χ2v) is 14.1. The van der Waals surface area contributed by atoms with Gasteiger partial charge < -0.3 is 18.9 Å². The molecule has 0 aromatic heterocycles. The van der Waals surface area contributed by atoms with Gasteiger partial charge in [0.05, 0.1) is 25.4 Å². The first-order chi connectivity index (χ1) is 16.6. The van der Waals surface area contributed by atoms with Crippen LogP contribution in [-0.4, -0.2) is 37.0 Å². The molecular weight excluding hydrogens is 436 g/mol. The Labute approximate surface area is 213 Å². The fraction of sp³-hybridized carbons (Fsp3) is 0.935. The van der Waals surface area contributed by atoms with Crippen molar-refractivity contribution < 1.29 is 18.9 Å². The molecule has 2 heterocycles. The molecule has 2 saturated heterocycles. The van der Waals surface area contributed by atoms with Gasteiger partial charge in [0.2, 0.25) is 0 Å². The van der Waals surface area contributed by atoms with Crippen molar-refractivity contribution in [1.82, 2.24) is 0 Å². The summed E-state index contributed by atoms with van der Waals surface area (Å²) in [6, 6.07) is 0.